The van der Waals surface area contributed by atoms with E-state index in [1.807, 2.05) is 37.0 Å². The Morgan fingerprint density at radius 3 is 1.73 bits per heavy atom. The molecule has 0 radical (unpaired) electrons. The average Bonchev–Trinajstić information content (AvgIpc) is 2.50. The molecule has 0 fully saturated rings. The highest BCUT2D eigenvalue weighted by Crippen LogP contribution is 2.52. The van der Waals surface area contributed by atoms with Gasteiger partial charge in [-0.3, -0.25) is 14.7 Å². The van der Waals surface area contributed by atoms with Crippen LogP contribution in [0.5, 0.6) is 0 Å². The van der Waals surface area contributed by atoms with E-state index >= 15 is 0 Å². The molecule has 0 atom stereocenters. The summed E-state index contributed by atoms with van der Waals surface area (Å²) in [5.74, 6) is 0. The number of nitrogens with one attached hydrogen (secondary N) is 1. The van der Waals surface area contributed by atoms with E-state index in [2.05, 4.69) is 5.09 Å². The molecule has 0 unspecified atom stereocenters. The highest BCUT2D eigenvalue weighted by atomic mass is 31.2. The van der Waals surface area contributed by atoms with Gasteiger partial charge in [-0.15, -0.1) is 0 Å². The highest BCUT2D eigenvalue weighted by molar-refractivity contribution is 7.60. The Labute approximate surface area is 132 Å². The second kappa shape index (κ2) is 8.27. The first-order valence-corrected chi connectivity index (χ1v) is 9.17. The molecule has 0 spiro atoms. The van der Waals surface area contributed by atoms with Gasteiger partial charge in [-0.25, -0.2) is 9.34 Å². The molecule has 1 aromatic rings. The maximum absolute atomic E-state index is 13.5. The van der Waals surface area contributed by atoms with Crippen LogP contribution in [0, 0.1) is 10.1 Å². The number of nitro groups is 1. The van der Waals surface area contributed by atoms with Crippen molar-refractivity contribution in [3.63, 3.8) is 0 Å². The Morgan fingerprint density at radius 2 is 1.41 bits per heavy atom. The van der Waals surface area contributed by atoms with Gasteiger partial charge in [-0.05, 0) is 12.1 Å². The van der Waals surface area contributed by atoms with E-state index < -0.39 is 12.5 Å². The smallest absolute Gasteiger partial charge is 0.308 e. The maximum Gasteiger partial charge on any atom is 0.308 e. The molecular formula is C14H25N4O3P. The summed E-state index contributed by atoms with van der Waals surface area (Å²) in [7, 11) is -2.95. The van der Waals surface area contributed by atoms with Crippen molar-refractivity contribution < 1.29 is 9.49 Å². The number of nitrogens with zero attached hydrogens (tertiary/aromatic N) is 3. The highest BCUT2D eigenvalue weighted by Gasteiger charge is 2.34. The van der Waals surface area contributed by atoms with Crippen molar-refractivity contribution in [2.45, 2.75) is 27.7 Å². The van der Waals surface area contributed by atoms with E-state index in [-0.39, 0.29) is 5.69 Å². The first-order chi connectivity index (χ1) is 10.4. The number of rotatable bonds is 9. The lowest BCUT2D eigenvalue weighted by Gasteiger charge is -2.37. The number of non-ortho nitro benzene ring substituents is 1. The normalized spacial score (nSPS) is 11.9. The van der Waals surface area contributed by atoms with Crippen LogP contribution in [0.3, 0.4) is 0 Å². The number of benzene rings is 1. The van der Waals surface area contributed by atoms with Crippen molar-refractivity contribution in [2.24, 2.45) is 0 Å². The molecule has 0 saturated heterocycles. The summed E-state index contributed by atoms with van der Waals surface area (Å²) in [6.45, 7) is 10.5. The van der Waals surface area contributed by atoms with Crippen molar-refractivity contribution in [1.82, 2.24) is 9.34 Å². The summed E-state index contributed by atoms with van der Waals surface area (Å²) in [5.41, 5.74) is 0.638. The van der Waals surface area contributed by atoms with Crippen LogP contribution in [0.1, 0.15) is 27.7 Å². The molecule has 0 aromatic heterocycles. The minimum Gasteiger partial charge on any atom is -0.313 e. The van der Waals surface area contributed by atoms with Crippen LogP contribution in [0.25, 0.3) is 0 Å². The van der Waals surface area contributed by atoms with Crippen molar-refractivity contribution in [2.75, 3.05) is 31.3 Å². The quantitative estimate of drug-likeness (QED) is 0.422. The zero-order chi connectivity index (χ0) is 16.8. The molecule has 0 amide bonds. The molecule has 1 aromatic carbocycles. The Balaban J connectivity index is 3.12. The zero-order valence-corrected chi connectivity index (χ0v) is 14.5. The van der Waals surface area contributed by atoms with Crippen molar-refractivity contribution in [3.8, 4) is 0 Å². The van der Waals surface area contributed by atoms with E-state index in [9.17, 15) is 14.7 Å². The first-order valence-electron chi connectivity index (χ1n) is 7.56. The standard InChI is InChI=1S/C14H25N4O3P/c1-5-16(6-2)22(21,17(7-3)8-4)15-13-9-11-14(12-10-13)18(19)20/h9-12H,5-8H2,1-4H3,(H,15,21). The fourth-order valence-electron chi connectivity index (χ4n) is 2.36. The predicted molar refractivity (Wildman–Crippen MR) is 90.2 cm³/mol. The molecule has 1 rings (SSSR count). The molecule has 0 heterocycles. The van der Waals surface area contributed by atoms with E-state index in [0.717, 1.165) is 0 Å². The third-order valence-corrected chi connectivity index (χ3v) is 6.79. The first kappa shape index (κ1) is 18.6. The third kappa shape index (κ3) is 4.06. The van der Waals surface area contributed by atoms with Crippen LogP contribution in [-0.4, -0.2) is 40.4 Å². The maximum atomic E-state index is 13.5. The van der Waals surface area contributed by atoms with Crippen LogP contribution in [-0.2, 0) is 4.57 Å². The SMILES string of the molecule is CCN(CC)P(=O)(Nc1ccc([N+](=O)[O-])cc1)N(CC)CC. The molecule has 22 heavy (non-hydrogen) atoms. The van der Waals surface area contributed by atoms with E-state index in [0.29, 0.717) is 31.9 Å². The number of hydrogen-bond acceptors (Lipinski definition) is 3. The fourth-order valence-corrected chi connectivity index (χ4v) is 5.02. The third-order valence-electron chi connectivity index (χ3n) is 3.58. The fraction of sp³-hybridized carbons (Fsp3) is 0.571. The Hall–Kier alpha value is -1.43. The summed E-state index contributed by atoms with van der Waals surface area (Å²) in [4.78, 5) is 10.3. The van der Waals surface area contributed by atoms with Crippen molar-refractivity contribution in [1.29, 1.82) is 0 Å². The lowest BCUT2D eigenvalue weighted by Crippen LogP contribution is -2.35. The van der Waals surface area contributed by atoms with E-state index in [4.69, 9.17) is 0 Å². The molecule has 8 heteroatoms. The molecule has 0 aliphatic rings. The van der Waals surface area contributed by atoms with Gasteiger partial charge >= 0.3 is 7.59 Å². The molecule has 1 N–H and O–H groups in total. The van der Waals surface area contributed by atoms with Crippen LogP contribution in [0.15, 0.2) is 24.3 Å². The molecule has 0 saturated carbocycles. The summed E-state index contributed by atoms with van der Waals surface area (Å²) in [6.07, 6.45) is 0. The van der Waals surface area contributed by atoms with Gasteiger partial charge in [-0.1, -0.05) is 27.7 Å². The Kier molecular flexibility index (Phi) is 7.00. The summed E-state index contributed by atoms with van der Waals surface area (Å²) in [5, 5.41) is 13.8. The number of nitro benzene ring substituents is 1. The topological polar surface area (TPSA) is 78.7 Å². The monoisotopic (exact) mass is 328 g/mol. The van der Waals surface area contributed by atoms with Gasteiger partial charge in [0.2, 0.25) is 0 Å². The molecule has 0 aliphatic heterocycles. The minimum atomic E-state index is -2.95. The zero-order valence-electron chi connectivity index (χ0n) is 13.7. The lowest BCUT2D eigenvalue weighted by atomic mass is 10.3. The Morgan fingerprint density at radius 1 is 1.00 bits per heavy atom. The molecule has 0 bridgehead atoms. The van der Waals surface area contributed by atoms with Crippen LogP contribution in [0.4, 0.5) is 11.4 Å². The summed E-state index contributed by atoms with van der Waals surface area (Å²) < 4.78 is 17.3. The Bertz CT molecular complexity index is 511. The predicted octanol–water partition coefficient (Wildman–Crippen LogP) is 3.80. The van der Waals surface area contributed by atoms with Gasteiger partial charge in [0.15, 0.2) is 0 Å². The molecule has 124 valence electrons. The number of anilines is 1. The van der Waals surface area contributed by atoms with Gasteiger partial charge in [0.25, 0.3) is 5.69 Å². The van der Waals surface area contributed by atoms with Crippen LogP contribution in [0.2, 0.25) is 0 Å². The minimum absolute atomic E-state index is 0.0195. The van der Waals surface area contributed by atoms with Gasteiger partial charge < -0.3 is 5.09 Å². The average molecular weight is 328 g/mol. The van der Waals surface area contributed by atoms with Crippen LogP contribution >= 0.6 is 7.59 Å². The van der Waals surface area contributed by atoms with E-state index in [1.165, 1.54) is 12.1 Å². The van der Waals surface area contributed by atoms with Gasteiger partial charge in [0, 0.05) is 44.0 Å². The van der Waals surface area contributed by atoms with Crippen molar-refractivity contribution in [3.05, 3.63) is 34.4 Å². The molecular weight excluding hydrogens is 303 g/mol. The molecule has 7 nitrogen and oxygen atoms in total. The van der Waals surface area contributed by atoms with Gasteiger partial charge in [-0.2, -0.15) is 0 Å². The molecule has 0 aliphatic carbocycles. The lowest BCUT2D eigenvalue weighted by molar-refractivity contribution is -0.384. The number of hydrogen-bond donors (Lipinski definition) is 1. The summed E-state index contributed by atoms with van der Waals surface area (Å²) in [6, 6.07) is 6.02. The summed E-state index contributed by atoms with van der Waals surface area (Å²) >= 11 is 0. The van der Waals surface area contributed by atoms with Crippen LogP contribution < -0.4 is 5.09 Å². The van der Waals surface area contributed by atoms with Gasteiger partial charge in [0.1, 0.15) is 0 Å². The van der Waals surface area contributed by atoms with E-state index in [1.54, 1.807) is 12.1 Å². The second-order valence-corrected chi connectivity index (χ2v) is 7.18. The largest absolute Gasteiger partial charge is 0.313 e. The van der Waals surface area contributed by atoms with Gasteiger partial charge in [0.05, 0.1) is 4.92 Å². The second-order valence-electron chi connectivity index (χ2n) is 4.74. The van der Waals surface area contributed by atoms with Crippen molar-refractivity contribution >= 4 is 19.0 Å².